The number of carbonyl (C=O) groups is 1. The largest absolute Gasteiger partial charge is 0.460 e. The second-order valence-electron chi connectivity index (χ2n) is 3.82. The fourth-order valence-electron chi connectivity index (χ4n) is 1.30. The van der Waals surface area contributed by atoms with Crippen LogP contribution in [0.4, 0.5) is 0 Å². The molecule has 0 atom stereocenters. The van der Waals surface area contributed by atoms with Crippen molar-refractivity contribution in [1.29, 1.82) is 0 Å². The van der Waals surface area contributed by atoms with Gasteiger partial charge in [0.1, 0.15) is 6.61 Å². The van der Waals surface area contributed by atoms with Crippen LogP contribution in [0.5, 0.6) is 0 Å². The molecule has 1 rings (SSSR count). The van der Waals surface area contributed by atoms with Gasteiger partial charge < -0.3 is 13.9 Å². The molecular weight excluding hydrogens is 222 g/mol. The average molecular weight is 241 g/mol. The molecule has 96 valence electrons. The first-order chi connectivity index (χ1) is 8.08. The first-order valence-electron chi connectivity index (χ1n) is 5.85. The van der Waals surface area contributed by atoms with Gasteiger partial charge in [-0.15, -0.1) is 0 Å². The summed E-state index contributed by atoms with van der Waals surface area (Å²) in [6.45, 7) is 8.10. The van der Waals surface area contributed by atoms with Crippen molar-refractivity contribution >= 4 is 5.97 Å². The van der Waals surface area contributed by atoms with Gasteiger partial charge in [0.15, 0.2) is 0 Å². The molecule has 0 fully saturated rings. The van der Waals surface area contributed by atoms with E-state index in [1.165, 1.54) is 0 Å². The monoisotopic (exact) mass is 241 g/mol. The van der Waals surface area contributed by atoms with Gasteiger partial charge >= 0.3 is 5.97 Å². The lowest BCUT2D eigenvalue weighted by Gasteiger charge is -2.03. The summed E-state index contributed by atoms with van der Waals surface area (Å²) in [4.78, 5) is 15.8. The topological polar surface area (TPSA) is 61.6 Å². The van der Waals surface area contributed by atoms with Crippen LogP contribution in [0.25, 0.3) is 0 Å². The Kier molecular flexibility index (Phi) is 5.15. The van der Waals surface area contributed by atoms with Crippen LogP contribution in [0.15, 0.2) is 4.42 Å². The van der Waals surface area contributed by atoms with E-state index in [2.05, 4.69) is 4.98 Å². The zero-order valence-electron chi connectivity index (χ0n) is 10.8. The van der Waals surface area contributed by atoms with Gasteiger partial charge in [0, 0.05) is 0 Å². The molecule has 0 spiro atoms. The molecule has 0 radical (unpaired) electrons. The van der Waals surface area contributed by atoms with E-state index in [-0.39, 0.29) is 18.5 Å². The van der Waals surface area contributed by atoms with Gasteiger partial charge in [-0.1, -0.05) is 6.92 Å². The first kappa shape index (κ1) is 13.7. The molecule has 0 aliphatic rings. The second kappa shape index (κ2) is 6.39. The average Bonchev–Trinajstić information content (AvgIpc) is 2.70. The van der Waals surface area contributed by atoms with Gasteiger partial charge in [0.2, 0.25) is 11.7 Å². The fourth-order valence-corrected chi connectivity index (χ4v) is 1.30. The molecule has 0 unspecified atom stereocenters. The van der Waals surface area contributed by atoms with Crippen LogP contribution < -0.4 is 0 Å². The molecule has 0 aliphatic carbocycles. The lowest BCUT2D eigenvalue weighted by molar-refractivity contribution is 0.0429. The Morgan fingerprint density at radius 1 is 1.41 bits per heavy atom. The molecule has 17 heavy (non-hydrogen) atoms. The van der Waals surface area contributed by atoms with Gasteiger partial charge in [-0.25, -0.2) is 9.78 Å². The van der Waals surface area contributed by atoms with Crippen LogP contribution in [-0.4, -0.2) is 23.7 Å². The highest BCUT2D eigenvalue weighted by molar-refractivity contribution is 5.87. The molecule has 0 aromatic carbocycles. The molecule has 1 aromatic rings. The molecule has 0 N–H and O–H groups in total. The molecule has 0 amide bonds. The molecule has 1 heterocycles. The Balaban J connectivity index is 2.79. The maximum atomic E-state index is 11.6. The van der Waals surface area contributed by atoms with E-state index < -0.39 is 5.97 Å². The van der Waals surface area contributed by atoms with Gasteiger partial charge in [-0.05, 0) is 27.2 Å². The van der Waals surface area contributed by atoms with E-state index in [0.717, 1.165) is 0 Å². The highest BCUT2D eigenvalue weighted by Crippen LogP contribution is 2.14. The SMILES string of the molecule is CCOC(=O)c1oc(COC(C)C)nc1CC. The number of aryl methyl sites for hydroxylation is 1. The Bertz CT molecular complexity index is 371. The number of rotatable bonds is 6. The van der Waals surface area contributed by atoms with E-state index in [9.17, 15) is 4.79 Å². The van der Waals surface area contributed by atoms with Crippen LogP contribution in [0, 0.1) is 0 Å². The minimum atomic E-state index is -0.465. The summed E-state index contributed by atoms with van der Waals surface area (Å²) in [5.41, 5.74) is 0.616. The maximum absolute atomic E-state index is 11.6. The van der Waals surface area contributed by atoms with Crippen molar-refractivity contribution in [2.75, 3.05) is 6.61 Å². The minimum Gasteiger partial charge on any atom is -0.460 e. The highest BCUT2D eigenvalue weighted by Gasteiger charge is 2.20. The van der Waals surface area contributed by atoms with E-state index in [1.807, 2.05) is 20.8 Å². The predicted octanol–water partition coefficient (Wildman–Crippen LogP) is 2.34. The van der Waals surface area contributed by atoms with Crippen molar-refractivity contribution in [1.82, 2.24) is 4.98 Å². The fraction of sp³-hybridized carbons (Fsp3) is 0.667. The number of oxazole rings is 1. The smallest absolute Gasteiger partial charge is 0.376 e. The summed E-state index contributed by atoms with van der Waals surface area (Å²) < 4.78 is 15.6. The second-order valence-corrected chi connectivity index (χ2v) is 3.82. The van der Waals surface area contributed by atoms with Gasteiger partial charge in [-0.3, -0.25) is 0 Å². The van der Waals surface area contributed by atoms with E-state index in [4.69, 9.17) is 13.9 Å². The third-order valence-corrected chi connectivity index (χ3v) is 2.08. The Morgan fingerprint density at radius 3 is 2.65 bits per heavy atom. The van der Waals surface area contributed by atoms with Crippen molar-refractivity contribution in [3.63, 3.8) is 0 Å². The van der Waals surface area contributed by atoms with Crippen LogP contribution in [0.2, 0.25) is 0 Å². The molecular formula is C12H19NO4. The molecule has 1 aromatic heterocycles. The van der Waals surface area contributed by atoms with Crippen molar-refractivity contribution < 1.29 is 18.7 Å². The molecule has 5 heteroatoms. The third kappa shape index (κ3) is 3.85. The van der Waals surface area contributed by atoms with Gasteiger partial charge in [-0.2, -0.15) is 0 Å². The lowest BCUT2D eigenvalue weighted by atomic mass is 10.3. The summed E-state index contributed by atoms with van der Waals surface area (Å²) in [5, 5.41) is 0. The summed E-state index contributed by atoms with van der Waals surface area (Å²) in [6, 6.07) is 0. The minimum absolute atomic E-state index is 0.0954. The summed E-state index contributed by atoms with van der Waals surface area (Å²) >= 11 is 0. The number of aromatic nitrogens is 1. The van der Waals surface area contributed by atoms with E-state index in [1.54, 1.807) is 6.92 Å². The third-order valence-electron chi connectivity index (χ3n) is 2.08. The van der Waals surface area contributed by atoms with Crippen LogP contribution in [0.3, 0.4) is 0 Å². The summed E-state index contributed by atoms with van der Waals surface area (Å²) in [5.74, 6) is 0.142. The van der Waals surface area contributed by atoms with Crippen LogP contribution in [-0.2, 0) is 22.5 Å². The maximum Gasteiger partial charge on any atom is 0.376 e. The lowest BCUT2D eigenvalue weighted by Crippen LogP contribution is -2.05. The Hall–Kier alpha value is -1.36. The normalized spacial score (nSPS) is 10.9. The number of esters is 1. The predicted molar refractivity (Wildman–Crippen MR) is 61.8 cm³/mol. The Labute approximate surface area is 101 Å². The molecule has 0 saturated carbocycles. The molecule has 5 nitrogen and oxygen atoms in total. The number of hydrogen-bond donors (Lipinski definition) is 0. The molecule has 0 aliphatic heterocycles. The number of hydrogen-bond acceptors (Lipinski definition) is 5. The van der Waals surface area contributed by atoms with Crippen LogP contribution in [0.1, 0.15) is 49.8 Å². The van der Waals surface area contributed by atoms with E-state index >= 15 is 0 Å². The standard InChI is InChI=1S/C12H19NO4/c1-5-9-11(12(14)15-6-2)17-10(13-9)7-16-8(3)4/h8H,5-7H2,1-4H3. The van der Waals surface area contributed by atoms with Crippen molar-refractivity contribution in [2.24, 2.45) is 0 Å². The quantitative estimate of drug-likeness (QED) is 0.715. The van der Waals surface area contributed by atoms with Gasteiger partial charge in [0.25, 0.3) is 0 Å². The summed E-state index contributed by atoms with van der Waals surface area (Å²) in [6.07, 6.45) is 0.720. The zero-order valence-corrected chi connectivity index (χ0v) is 10.8. The van der Waals surface area contributed by atoms with E-state index in [0.29, 0.717) is 24.6 Å². The van der Waals surface area contributed by atoms with Gasteiger partial charge in [0.05, 0.1) is 18.4 Å². The Morgan fingerprint density at radius 2 is 2.12 bits per heavy atom. The number of carbonyl (C=O) groups excluding carboxylic acids is 1. The number of nitrogens with zero attached hydrogens (tertiary/aromatic N) is 1. The molecule has 0 saturated heterocycles. The number of ether oxygens (including phenoxy) is 2. The summed E-state index contributed by atoms with van der Waals surface area (Å²) in [7, 11) is 0. The van der Waals surface area contributed by atoms with Crippen molar-refractivity contribution in [2.45, 2.75) is 46.8 Å². The molecule has 0 bridgehead atoms. The van der Waals surface area contributed by atoms with Crippen molar-refractivity contribution in [3.8, 4) is 0 Å². The van der Waals surface area contributed by atoms with Crippen molar-refractivity contribution in [3.05, 3.63) is 17.3 Å². The first-order valence-corrected chi connectivity index (χ1v) is 5.85. The zero-order chi connectivity index (χ0) is 12.8. The highest BCUT2D eigenvalue weighted by atomic mass is 16.5. The van der Waals surface area contributed by atoms with Crippen LogP contribution >= 0.6 is 0 Å².